The molecule has 1 aliphatic heterocycles. The lowest BCUT2D eigenvalue weighted by Gasteiger charge is -2.36. The minimum atomic E-state index is 0.136. The molecule has 0 saturated carbocycles. The highest BCUT2D eigenvalue weighted by Gasteiger charge is 2.18. The van der Waals surface area contributed by atoms with Crippen LogP contribution in [0.3, 0.4) is 0 Å². The normalized spacial score (nSPS) is 14.7. The summed E-state index contributed by atoms with van der Waals surface area (Å²) in [6, 6.07) is 17.8. The van der Waals surface area contributed by atoms with Crippen LogP contribution in [-0.2, 0) is 0 Å². The maximum Gasteiger partial charge on any atom is 0.225 e. The minimum Gasteiger partial charge on any atom is -0.494 e. The van der Waals surface area contributed by atoms with Gasteiger partial charge in [0, 0.05) is 61.4 Å². The van der Waals surface area contributed by atoms with Crippen LogP contribution in [0.5, 0.6) is 5.88 Å². The highest BCUT2D eigenvalue weighted by atomic mass is 16.3. The molecule has 150 valence electrons. The number of nitrogens with zero attached hydrogens (tertiary/aromatic N) is 5. The second-order valence-electron chi connectivity index (χ2n) is 7.23. The second kappa shape index (κ2) is 7.87. The van der Waals surface area contributed by atoms with Crippen LogP contribution in [0.1, 0.15) is 5.56 Å². The van der Waals surface area contributed by atoms with E-state index in [4.69, 9.17) is 0 Å². The summed E-state index contributed by atoms with van der Waals surface area (Å²) in [4.78, 5) is 20.8. The molecule has 3 heterocycles. The van der Waals surface area contributed by atoms with E-state index in [0.717, 1.165) is 48.7 Å². The summed E-state index contributed by atoms with van der Waals surface area (Å²) in [5.74, 6) is 0.930. The first-order valence-electron chi connectivity index (χ1n) is 9.99. The van der Waals surface area contributed by atoms with Crippen LogP contribution >= 0.6 is 0 Å². The fraction of sp³-hybridized carbons (Fsp3) is 0.174. The third kappa shape index (κ3) is 3.57. The van der Waals surface area contributed by atoms with Gasteiger partial charge in [-0.1, -0.05) is 18.2 Å². The molecule has 1 saturated heterocycles. The van der Waals surface area contributed by atoms with Crippen molar-refractivity contribution in [3.05, 3.63) is 72.6 Å². The van der Waals surface area contributed by atoms with Crippen molar-refractivity contribution < 1.29 is 5.11 Å². The molecule has 7 nitrogen and oxygen atoms in total. The average molecular weight is 398 g/mol. The van der Waals surface area contributed by atoms with E-state index in [2.05, 4.69) is 41.9 Å². The van der Waals surface area contributed by atoms with E-state index in [1.165, 1.54) is 5.69 Å². The Labute approximate surface area is 174 Å². The van der Waals surface area contributed by atoms with Crippen LogP contribution in [-0.4, -0.2) is 52.5 Å². The van der Waals surface area contributed by atoms with E-state index in [1.54, 1.807) is 18.6 Å². The molecule has 0 unspecified atom stereocenters. The monoisotopic (exact) mass is 398 g/mol. The minimum absolute atomic E-state index is 0.136. The van der Waals surface area contributed by atoms with E-state index in [-0.39, 0.29) is 5.88 Å². The standard InChI is InChI=1S/C23H22N6O/c30-22-20(19-4-1-2-5-21(19)27-22)16-26-17-6-8-18(9-7-17)28-12-14-29(15-13-28)23-24-10-3-11-25-23/h1-11,16,27,30H,12-15H2. The number of H-pyrrole nitrogens is 1. The third-order valence-electron chi connectivity index (χ3n) is 5.40. The number of hydrogen-bond donors (Lipinski definition) is 2. The van der Waals surface area contributed by atoms with Gasteiger partial charge in [0.05, 0.1) is 11.3 Å². The Kier molecular flexibility index (Phi) is 4.77. The zero-order valence-corrected chi connectivity index (χ0v) is 16.4. The van der Waals surface area contributed by atoms with Crippen molar-refractivity contribution in [3.8, 4) is 5.88 Å². The van der Waals surface area contributed by atoms with Gasteiger partial charge >= 0.3 is 0 Å². The summed E-state index contributed by atoms with van der Waals surface area (Å²) < 4.78 is 0. The number of aromatic hydroxyl groups is 1. The molecule has 1 aliphatic rings. The molecular formula is C23H22N6O. The molecule has 0 spiro atoms. The van der Waals surface area contributed by atoms with Crippen molar-refractivity contribution in [2.24, 2.45) is 4.99 Å². The fourth-order valence-electron chi connectivity index (χ4n) is 3.79. The van der Waals surface area contributed by atoms with Gasteiger partial charge in [0.25, 0.3) is 0 Å². The SMILES string of the molecule is Oc1[nH]c2ccccc2c1C=Nc1ccc(N2CCN(c3ncccn3)CC2)cc1. The predicted molar refractivity (Wildman–Crippen MR) is 120 cm³/mol. The summed E-state index contributed by atoms with van der Waals surface area (Å²) in [6.45, 7) is 3.63. The molecule has 2 aromatic carbocycles. The first-order valence-corrected chi connectivity index (χ1v) is 9.99. The van der Waals surface area contributed by atoms with Crippen LogP contribution in [0, 0.1) is 0 Å². The van der Waals surface area contributed by atoms with E-state index < -0.39 is 0 Å². The molecule has 4 aromatic rings. The topological polar surface area (TPSA) is 80.6 Å². The van der Waals surface area contributed by atoms with Crippen LogP contribution in [0.4, 0.5) is 17.3 Å². The van der Waals surface area contributed by atoms with Crippen LogP contribution < -0.4 is 9.80 Å². The first-order chi connectivity index (χ1) is 14.8. The summed E-state index contributed by atoms with van der Waals surface area (Å²) in [7, 11) is 0. The van der Waals surface area contributed by atoms with E-state index in [0.29, 0.717) is 5.56 Å². The zero-order valence-electron chi connectivity index (χ0n) is 16.4. The van der Waals surface area contributed by atoms with Gasteiger partial charge < -0.3 is 19.9 Å². The van der Waals surface area contributed by atoms with Crippen molar-refractivity contribution in [3.63, 3.8) is 0 Å². The second-order valence-corrected chi connectivity index (χ2v) is 7.23. The molecule has 1 fully saturated rings. The number of nitrogens with one attached hydrogen (secondary N) is 1. The summed E-state index contributed by atoms with van der Waals surface area (Å²) in [6.07, 6.45) is 5.27. The van der Waals surface area contributed by atoms with Gasteiger partial charge in [-0.05, 0) is 36.4 Å². The first kappa shape index (κ1) is 18.2. The lowest BCUT2D eigenvalue weighted by molar-refractivity contribution is 0.457. The van der Waals surface area contributed by atoms with Gasteiger partial charge in [0.2, 0.25) is 5.95 Å². The van der Waals surface area contributed by atoms with Crippen LogP contribution in [0.2, 0.25) is 0 Å². The van der Waals surface area contributed by atoms with E-state index >= 15 is 0 Å². The highest BCUT2D eigenvalue weighted by molar-refractivity contribution is 6.02. The Morgan fingerprint density at radius 3 is 2.33 bits per heavy atom. The van der Waals surface area contributed by atoms with Crippen molar-refractivity contribution in [2.75, 3.05) is 36.0 Å². The Bertz CT molecular complexity index is 1160. The molecule has 0 bridgehead atoms. The summed E-state index contributed by atoms with van der Waals surface area (Å²) in [5.41, 5.74) is 3.62. The van der Waals surface area contributed by atoms with Crippen molar-refractivity contribution >= 4 is 34.4 Å². The lowest BCUT2D eigenvalue weighted by atomic mass is 10.2. The molecule has 2 N–H and O–H groups in total. The quantitative estimate of drug-likeness (QED) is 0.512. The van der Waals surface area contributed by atoms with E-state index in [1.807, 2.05) is 42.5 Å². The largest absolute Gasteiger partial charge is 0.494 e. The number of fused-ring (bicyclic) bond motifs is 1. The Hall–Kier alpha value is -3.87. The van der Waals surface area contributed by atoms with Gasteiger partial charge in [-0.3, -0.25) is 4.99 Å². The zero-order chi connectivity index (χ0) is 20.3. The number of piperazine rings is 1. The number of anilines is 2. The number of aromatic amines is 1. The molecule has 0 atom stereocenters. The maximum atomic E-state index is 10.2. The molecular weight excluding hydrogens is 376 g/mol. The Morgan fingerprint density at radius 1 is 0.867 bits per heavy atom. The van der Waals surface area contributed by atoms with Crippen LogP contribution in [0.25, 0.3) is 10.9 Å². The predicted octanol–water partition coefficient (Wildman–Crippen LogP) is 3.74. The van der Waals surface area contributed by atoms with Gasteiger partial charge in [-0.2, -0.15) is 0 Å². The number of aromatic nitrogens is 3. The molecule has 0 amide bonds. The van der Waals surface area contributed by atoms with Gasteiger partial charge in [0.1, 0.15) is 0 Å². The molecule has 2 aromatic heterocycles. The number of benzene rings is 2. The van der Waals surface area contributed by atoms with Gasteiger partial charge in [0.15, 0.2) is 5.88 Å². The lowest BCUT2D eigenvalue weighted by Crippen LogP contribution is -2.47. The van der Waals surface area contributed by atoms with Crippen molar-refractivity contribution in [1.29, 1.82) is 0 Å². The molecule has 0 aliphatic carbocycles. The number of rotatable bonds is 4. The number of para-hydroxylation sites is 1. The Balaban J connectivity index is 1.26. The highest BCUT2D eigenvalue weighted by Crippen LogP contribution is 2.27. The molecule has 5 rings (SSSR count). The summed E-state index contributed by atoms with van der Waals surface area (Å²) >= 11 is 0. The maximum absolute atomic E-state index is 10.2. The number of hydrogen-bond acceptors (Lipinski definition) is 6. The van der Waals surface area contributed by atoms with E-state index in [9.17, 15) is 5.11 Å². The molecule has 0 radical (unpaired) electrons. The molecule has 7 heteroatoms. The van der Waals surface area contributed by atoms with Crippen LogP contribution in [0.15, 0.2) is 72.0 Å². The Morgan fingerprint density at radius 2 is 1.57 bits per heavy atom. The average Bonchev–Trinajstić information content (AvgIpc) is 3.13. The van der Waals surface area contributed by atoms with Crippen molar-refractivity contribution in [1.82, 2.24) is 15.0 Å². The van der Waals surface area contributed by atoms with Gasteiger partial charge in [-0.15, -0.1) is 0 Å². The third-order valence-corrected chi connectivity index (χ3v) is 5.40. The number of aliphatic imine (C=N–C) groups is 1. The summed E-state index contributed by atoms with van der Waals surface area (Å²) in [5, 5.41) is 11.1. The van der Waals surface area contributed by atoms with Gasteiger partial charge in [-0.25, -0.2) is 9.97 Å². The molecule has 30 heavy (non-hydrogen) atoms. The van der Waals surface area contributed by atoms with Crippen molar-refractivity contribution in [2.45, 2.75) is 0 Å². The fourth-order valence-corrected chi connectivity index (χ4v) is 3.79. The smallest absolute Gasteiger partial charge is 0.225 e.